The number of carbonyl (C=O) groups is 5. The van der Waals surface area contributed by atoms with Crippen molar-refractivity contribution in [2.75, 3.05) is 6.54 Å². The van der Waals surface area contributed by atoms with E-state index in [1.54, 1.807) is 63.5 Å². The molecule has 0 unspecified atom stereocenters. The number of carbonyl (C=O) groups excluding carboxylic acids is 5. The van der Waals surface area contributed by atoms with Gasteiger partial charge in [-0.25, -0.2) is 4.79 Å². The Balaban J connectivity index is 1.38. The predicted octanol–water partition coefficient (Wildman–Crippen LogP) is 3.67. The monoisotopic (exact) mass is 694 g/mol. The maximum absolute atomic E-state index is 14.5. The minimum Gasteiger partial charge on any atom is -0.445 e. The molecule has 1 aromatic carbocycles. The molecule has 49 heavy (non-hydrogen) atoms. The lowest BCUT2D eigenvalue weighted by atomic mass is 9.85. The van der Waals surface area contributed by atoms with Crippen molar-refractivity contribution < 1.29 is 33.5 Å². The number of hydrogen-bond acceptors (Lipinski definition) is 9. The summed E-state index contributed by atoms with van der Waals surface area (Å²) < 4.78 is 5.40. The highest BCUT2D eigenvalue weighted by Crippen LogP contribution is 2.40. The maximum Gasteiger partial charge on any atom is 0.408 e. The first-order valence-electron chi connectivity index (χ1n) is 16.6. The molecule has 262 valence electrons. The zero-order chi connectivity index (χ0) is 35.3. The molecule has 3 N–H and O–H groups in total. The first kappa shape index (κ1) is 35.8. The number of amides is 4. The maximum atomic E-state index is 14.5. The van der Waals surface area contributed by atoms with Crippen LogP contribution >= 0.6 is 11.6 Å². The van der Waals surface area contributed by atoms with Gasteiger partial charge in [-0.3, -0.25) is 24.2 Å². The van der Waals surface area contributed by atoms with Gasteiger partial charge in [-0.2, -0.15) is 0 Å². The van der Waals surface area contributed by atoms with Crippen molar-refractivity contribution in [3.05, 3.63) is 64.9 Å². The number of halogens is 1. The molecule has 1 aromatic heterocycles. The van der Waals surface area contributed by atoms with E-state index in [2.05, 4.69) is 26.1 Å². The smallest absolute Gasteiger partial charge is 0.408 e. The highest BCUT2D eigenvalue weighted by molar-refractivity contribution is 6.38. The van der Waals surface area contributed by atoms with Gasteiger partial charge in [0.25, 0.3) is 5.91 Å². The summed E-state index contributed by atoms with van der Waals surface area (Å²) in [4.78, 5) is 78.7. The van der Waals surface area contributed by atoms with Crippen molar-refractivity contribution in [1.29, 1.82) is 0 Å². The van der Waals surface area contributed by atoms with E-state index < -0.39 is 58.7 Å². The van der Waals surface area contributed by atoms with E-state index in [0.29, 0.717) is 22.7 Å². The van der Waals surface area contributed by atoms with Gasteiger partial charge in [-0.1, -0.05) is 69.1 Å². The van der Waals surface area contributed by atoms with Crippen LogP contribution in [0.3, 0.4) is 0 Å². The van der Waals surface area contributed by atoms with E-state index in [9.17, 15) is 24.0 Å². The highest BCUT2D eigenvalue weighted by atomic mass is 35.5. The fourth-order valence-corrected chi connectivity index (χ4v) is 6.22. The van der Waals surface area contributed by atoms with Crippen molar-refractivity contribution >= 4 is 46.9 Å². The summed E-state index contributed by atoms with van der Waals surface area (Å²) in [5.74, 6) is -2.62. The van der Waals surface area contributed by atoms with Crippen LogP contribution in [0.4, 0.5) is 4.79 Å². The van der Waals surface area contributed by atoms with Crippen LogP contribution < -0.4 is 16.0 Å². The molecule has 1 spiro atoms. The van der Waals surface area contributed by atoms with E-state index in [4.69, 9.17) is 21.2 Å². The van der Waals surface area contributed by atoms with E-state index in [-0.39, 0.29) is 38.5 Å². The molecule has 4 atom stereocenters. The number of ether oxygens (including phenoxy) is 1. The summed E-state index contributed by atoms with van der Waals surface area (Å²) in [6.45, 7) is 7.14. The predicted molar refractivity (Wildman–Crippen MR) is 180 cm³/mol. The standard InChI is InChI=1S/C35H43ClN6O7/c1-5-8-25(28(43)31(45)38-24-12-13-24)39-30(44)27-17-35(16-26(41-49-35)22-10-6-11-23(36)15-22)20-42(27)32(46)29(34(2,3)4)40-33(47)48-19-21-9-7-14-37-18-21/h6-7,9-11,14-15,18,24-25,27,29H,5,8,12-13,16-17,19-20H2,1-4H3,(H,38,45)(H,39,44)(H,40,47)/t25-,27-,29+,35+/m0/s1. The van der Waals surface area contributed by atoms with E-state index in [1.165, 1.54) is 4.90 Å². The van der Waals surface area contributed by atoms with Crippen molar-refractivity contribution in [2.45, 2.75) is 103 Å². The van der Waals surface area contributed by atoms with E-state index in [1.807, 2.05) is 13.0 Å². The van der Waals surface area contributed by atoms with Crippen LogP contribution in [0.25, 0.3) is 0 Å². The molecule has 2 fully saturated rings. The van der Waals surface area contributed by atoms with Gasteiger partial charge >= 0.3 is 6.09 Å². The lowest BCUT2D eigenvalue weighted by molar-refractivity contribution is -0.144. The van der Waals surface area contributed by atoms with Crippen molar-refractivity contribution in [2.24, 2.45) is 10.6 Å². The second-order valence-electron chi connectivity index (χ2n) is 14.0. The fourth-order valence-electron chi connectivity index (χ4n) is 6.03. The Morgan fingerprint density at radius 3 is 2.55 bits per heavy atom. The molecule has 1 aliphatic carbocycles. The molecule has 5 rings (SSSR count). The van der Waals surface area contributed by atoms with Crippen LogP contribution in [-0.2, 0) is 35.4 Å². The van der Waals surface area contributed by atoms with Crippen LogP contribution in [0.5, 0.6) is 0 Å². The van der Waals surface area contributed by atoms with Gasteiger partial charge < -0.3 is 30.4 Å². The zero-order valence-corrected chi connectivity index (χ0v) is 28.9. The topological polar surface area (TPSA) is 168 Å². The van der Waals surface area contributed by atoms with E-state index in [0.717, 1.165) is 18.4 Å². The lowest BCUT2D eigenvalue weighted by Crippen LogP contribution is -2.59. The van der Waals surface area contributed by atoms with Gasteiger partial charge in [-0.15, -0.1) is 0 Å². The molecule has 3 heterocycles. The van der Waals surface area contributed by atoms with E-state index >= 15 is 0 Å². The Bertz CT molecular complexity index is 1610. The molecular weight excluding hydrogens is 652 g/mol. The number of nitrogens with zero attached hydrogens (tertiary/aromatic N) is 3. The summed E-state index contributed by atoms with van der Waals surface area (Å²) in [7, 11) is 0. The fraction of sp³-hybridized carbons (Fsp3) is 0.514. The Morgan fingerprint density at radius 2 is 1.90 bits per heavy atom. The third kappa shape index (κ3) is 8.94. The van der Waals surface area contributed by atoms with Crippen LogP contribution in [0.1, 0.15) is 77.3 Å². The number of alkyl carbamates (subject to hydrolysis) is 1. The Hall–Kier alpha value is -4.52. The van der Waals surface area contributed by atoms with Crippen molar-refractivity contribution in [3.63, 3.8) is 0 Å². The van der Waals surface area contributed by atoms with Crippen LogP contribution in [-0.4, -0.2) is 81.5 Å². The van der Waals surface area contributed by atoms with Gasteiger partial charge in [0.2, 0.25) is 17.6 Å². The SMILES string of the molecule is CCC[C@H](NC(=O)[C@@H]1C[C@]2(CC(c3cccc(Cl)c3)=NO2)CN1C(=O)[C@@H](NC(=O)OCc1cccnc1)C(C)(C)C)C(=O)C(=O)NC1CC1. The summed E-state index contributed by atoms with van der Waals surface area (Å²) in [5.41, 5.74) is 0.158. The third-order valence-electron chi connectivity index (χ3n) is 8.80. The third-order valence-corrected chi connectivity index (χ3v) is 9.03. The number of hydrogen-bond donors (Lipinski definition) is 3. The molecule has 4 amide bonds. The molecule has 0 bridgehead atoms. The largest absolute Gasteiger partial charge is 0.445 e. The van der Waals surface area contributed by atoms with Gasteiger partial charge in [-0.05, 0) is 42.9 Å². The molecular formula is C35H43ClN6O7. The number of benzene rings is 1. The molecule has 2 aliphatic heterocycles. The summed E-state index contributed by atoms with van der Waals surface area (Å²) >= 11 is 6.23. The average molecular weight is 695 g/mol. The number of nitrogens with one attached hydrogen (secondary N) is 3. The molecule has 3 aliphatic rings. The Morgan fingerprint density at radius 1 is 1.12 bits per heavy atom. The first-order chi connectivity index (χ1) is 23.3. The molecule has 1 saturated heterocycles. The first-order valence-corrected chi connectivity index (χ1v) is 16.9. The van der Waals surface area contributed by atoms with Gasteiger partial charge in [0, 0.05) is 47.4 Å². The summed E-state index contributed by atoms with van der Waals surface area (Å²) in [6.07, 6.45) is 5.09. The number of likely N-dealkylation sites (tertiary alicyclic amines) is 1. The van der Waals surface area contributed by atoms with Crippen LogP contribution in [0, 0.1) is 5.41 Å². The second-order valence-corrected chi connectivity index (χ2v) is 14.5. The Kier molecular flexibility index (Phi) is 10.9. The summed E-state index contributed by atoms with van der Waals surface area (Å²) in [5, 5.41) is 13.0. The quantitative estimate of drug-likeness (QED) is 0.283. The zero-order valence-electron chi connectivity index (χ0n) is 28.2. The minimum atomic E-state index is -1.11. The van der Waals surface area contributed by atoms with Gasteiger partial charge in [0.05, 0.1) is 18.3 Å². The number of Topliss-reactive ketones (excluding diaryl/α,β-unsaturated/α-hetero) is 1. The number of rotatable bonds is 12. The van der Waals surface area contributed by atoms with Crippen LogP contribution in [0.2, 0.25) is 5.02 Å². The summed E-state index contributed by atoms with van der Waals surface area (Å²) in [6, 6.07) is 7.31. The lowest BCUT2D eigenvalue weighted by Gasteiger charge is -2.35. The molecule has 13 nitrogen and oxygen atoms in total. The normalized spacial score (nSPS) is 21.3. The van der Waals surface area contributed by atoms with Crippen molar-refractivity contribution in [1.82, 2.24) is 25.8 Å². The van der Waals surface area contributed by atoms with Crippen molar-refractivity contribution in [3.8, 4) is 0 Å². The number of aromatic nitrogens is 1. The average Bonchev–Trinajstić information content (AvgIpc) is 3.66. The van der Waals surface area contributed by atoms with Crippen LogP contribution in [0.15, 0.2) is 53.9 Å². The molecule has 2 aromatic rings. The number of pyridine rings is 1. The Labute approximate surface area is 290 Å². The molecule has 14 heteroatoms. The van der Waals surface area contributed by atoms with Gasteiger partial charge in [0.1, 0.15) is 18.7 Å². The highest BCUT2D eigenvalue weighted by Gasteiger charge is 2.55. The second kappa shape index (κ2) is 14.9. The number of ketones is 1. The molecule has 1 saturated carbocycles. The van der Waals surface area contributed by atoms with Gasteiger partial charge in [0.15, 0.2) is 5.60 Å². The number of oxime groups is 1. The minimum absolute atomic E-state index is 0.0228. The molecule has 0 radical (unpaired) electrons.